The third-order valence-electron chi connectivity index (χ3n) is 4.58. The summed E-state index contributed by atoms with van der Waals surface area (Å²) in [7, 11) is 0. The van der Waals surface area contributed by atoms with Crippen molar-refractivity contribution >= 4 is 11.8 Å². The van der Waals surface area contributed by atoms with E-state index in [9.17, 15) is 4.39 Å². The first-order valence-electron chi connectivity index (χ1n) is 9.27. The summed E-state index contributed by atoms with van der Waals surface area (Å²) in [5.74, 6) is 1.13. The zero-order valence-corrected chi connectivity index (χ0v) is 16.5. The molecule has 6 nitrogen and oxygen atoms in total. The minimum absolute atomic E-state index is 0.275. The molecule has 1 unspecified atom stereocenters. The molecule has 0 fully saturated rings. The highest BCUT2D eigenvalue weighted by atomic mass is 32.2. The lowest BCUT2D eigenvalue weighted by Crippen LogP contribution is -2.19. The summed E-state index contributed by atoms with van der Waals surface area (Å²) in [5, 5.41) is 8.53. The van der Waals surface area contributed by atoms with Crippen molar-refractivity contribution < 1.29 is 18.3 Å². The first kappa shape index (κ1) is 18.8. The van der Waals surface area contributed by atoms with E-state index in [1.54, 1.807) is 24.5 Å². The van der Waals surface area contributed by atoms with Crippen LogP contribution in [0.2, 0.25) is 0 Å². The first-order chi connectivity index (χ1) is 14.8. The number of nitrogens with zero attached hydrogens (tertiary/aromatic N) is 3. The smallest absolute Gasteiger partial charge is 0.277 e. The minimum Gasteiger partial charge on any atom is -0.460 e. The lowest BCUT2D eigenvalue weighted by Gasteiger charge is -2.28. The predicted molar refractivity (Wildman–Crippen MR) is 108 cm³/mol. The fourth-order valence-corrected chi connectivity index (χ4v) is 3.91. The van der Waals surface area contributed by atoms with E-state index in [2.05, 4.69) is 15.2 Å². The summed E-state index contributed by atoms with van der Waals surface area (Å²) >= 11 is 1.32. The van der Waals surface area contributed by atoms with Crippen LogP contribution in [0.4, 0.5) is 4.39 Å². The average molecular weight is 421 g/mol. The molecule has 1 aliphatic rings. The van der Waals surface area contributed by atoms with Crippen LogP contribution in [0.3, 0.4) is 0 Å². The van der Waals surface area contributed by atoms with Crippen molar-refractivity contribution in [2.24, 2.45) is 0 Å². The van der Waals surface area contributed by atoms with Crippen LogP contribution in [0.15, 0.2) is 76.6 Å². The maximum Gasteiger partial charge on any atom is 0.277 e. The summed E-state index contributed by atoms with van der Waals surface area (Å²) in [5.41, 5.74) is 3.09. The number of hydrogen-bond donors (Lipinski definition) is 0. The van der Waals surface area contributed by atoms with Crippen LogP contribution in [-0.2, 0) is 17.1 Å². The molecular formula is C22H16FN3O3S. The van der Waals surface area contributed by atoms with Gasteiger partial charge in [0.15, 0.2) is 0 Å². The van der Waals surface area contributed by atoms with Gasteiger partial charge in [-0.25, -0.2) is 4.39 Å². The van der Waals surface area contributed by atoms with E-state index in [0.717, 1.165) is 11.1 Å². The molecule has 2 aromatic heterocycles. The molecular weight excluding hydrogens is 405 g/mol. The van der Waals surface area contributed by atoms with Gasteiger partial charge in [0.2, 0.25) is 12.2 Å². The molecule has 0 N–H and O–H groups in total. The quantitative estimate of drug-likeness (QED) is 0.412. The van der Waals surface area contributed by atoms with E-state index in [-0.39, 0.29) is 12.4 Å². The van der Waals surface area contributed by atoms with Crippen molar-refractivity contribution in [2.75, 3.05) is 0 Å². The fourth-order valence-electron chi connectivity index (χ4n) is 3.18. The lowest BCUT2D eigenvalue weighted by atomic mass is 10.1. The van der Waals surface area contributed by atoms with Gasteiger partial charge >= 0.3 is 0 Å². The van der Waals surface area contributed by atoms with Gasteiger partial charge in [-0.15, -0.1) is 10.2 Å². The number of benzene rings is 2. The lowest BCUT2D eigenvalue weighted by molar-refractivity contribution is -0.112. The van der Waals surface area contributed by atoms with Gasteiger partial charge < -0.3 is 13.9 Å². The zero-order chi connectivity index (χ0) is 20.3. The summed E-state index contributed by atoms with van der Waals surface area (Å²) in [6, 6.07) is 16.2. The number of hydrogen-bond acceptors (Lipinski definition) is 7. The number of rotatable bonds is 5. The van der Waals surface area contributed by atoms with Crippen molar-refractivity contribution in [3.05, 3.63) is 89.5 Å². The van der Waals surface area contributed by atoms with Gasteiger partial charge in [0, 0.05) is 40.4 Å². The highest BCUT2D eigenvalue weighted by Gasteiger charge is 2.25. The van der Waals surface area contributed by atoms with Crippen molar-refractivity contribution in [2.45, 2.75) is 23.9 Å². The normalized spacial score (nSPS) is 15.4. The third-order valence-corrected chi connectivity index (χ3v) is 5.45. The number of ether oxygens (including phenoxy) is 2. The van der Waals surface area contributed by atoms with Crippen LogP contribution >= 0.6 is 11.8 Å². The van der Waals surface area contributed by atoms with Gasteiger partial charge in [0.05, 0.1) is 6.61 Å². The largest absolute Gasteiger partial charge is 0.460 e. The Morgan fingerprint density at radius 2 is 1.87 bits per heavy atom. The van der Waals surface area contributed by atoms with Crippen molar-refractivity contribution in [3.63, 3.8) is 0 Å². The standard InChI is InChI=1S/C22H16FN3O3S/c23-18-10-16-12-27-21(15-4-2-1-3-5-15)28-19(16)17(11-18)13-30-22-26-25-20(29-22)14-6-8-24-9-7-14/h1-11,21H,12-13H2. The molecule has 0 aliphatic carbocycles. The molecule has 8 heteroatoms. The Morgan fingerprint density at radius 1 is 1.03 bits per heavy atom. The average Bonchev–Trinajstić information content (AvgIpc) is 3.27. The summed E-state index contributed by atoms with van der Waals surface area (Å²) in [6.07, 6.45) is 2.79. The molecule has 3 heterocycles. The zero-order valence-electron chi connectivity index (χ0n) is 15.7. The number of fused-ring (bicyclic) bond motifs is 1. The maximum atomic E-state index is 14.1. The molecule has 4 aromatic rings. The molecule has 0 radical (unpaired) electrons. The van der Waals surface area contributed by atoms with Gasteiger partial charge in [-0.2, -0.15) is 0 Å². The van der Waals surface area contributed by atoms with Crippen LogP contribution in [0.5, 0.6) is 5.75 Å². The molecule has 5 rings (SSSR count). The Labute approximate surface area is 176 Å². The second-order valence-electron chi connectivity index (χ2n) is 6.62. The first-order valence-corrected chi connectivity index (χ1v) is 10.3. The van der Waals surface area contributed by atoms with Gasteiger partial charge in [-0.3, -0.25) is 4.98 Å². The Morgan fingerprint density at radius 3 is 2.70 bits per heavy atom. The second kappa shape index (κ2) is 8.25. The fraction of sp³-hybridized carbons (Fsp3) is 0.136. The number of pyridine rings is 1. The summed E-state index contributed by atoms with van der Waals surface area (Å²) < 4.78 is 31.7. The van der Waals surface area contributed by atoms with Crippen LogP contribution in [0.1, 0.15) is 23.0 Å². The maximum absolute atomic E-state index is 14.1. The van der Waals surface area contributed by atoms with Gasteiger partial charge in [-0.05, 0) is 24.3 Å². The highest BCUT2D eigenvalue weighted by Crippen LogP contribution is 2.39. The molecule has 0 spiro atoms. The van der Waals surface area contributed by atoms with E-state index in [1.165, 1.54) is 23.9 Å². The SMILES string of the molecule is Fc1cc2c(c(CSc3nnc(-c4ccncc4)o3)c1)OC(c1ccccc1)OC2. The second-order valence-corrected chi connectivity index (χ2v) is 7.55. The minimum atomic E-state index is -0.533. The van der Waals surface area contributed by atoms with E-state index in [1.807, 2.05) is 30.3 Å². The van der Waals surface area contributed by atoms with Crippen molar-refractivity contribution in [1.82, 2.24) is 15.2 Å². The Hall–Kier alpha value is -3.23. The molecule has 1 aliphatic heterocycles. The summed E-state index contributed by atoms with van der Waals surface area (Å²) in [6.45, 7) is 0.275. The molecule has 0 bridgehead atoms. The molecule has 0 saturated heterocycles. The highest BCUT2D eigenvalue weighted by molar-refractivity contribution is 7.98. The molecule has 0 saturated carbocycles. The van der Waals surface area contributed by atoms with Gasteiger partial charge in [0.25, 0.3) is 5.22 Å². The van der Waals surface area contributed by atoms with Crippen LogP contribution < -0.4 is 4.74 Å². The monoisotopic (exact) mass is 421 g/mol. The number of aromatic nitrogens is 3. The Bertz CT molecular complexity index is 1160. The van der Waals surface area contributed by atoms with Crippen LogP contribution in [-0.4, -0.2) is 15.2 Å². The molecule has 150 valence electrons. The van der Waals surface area contributed by atoms with Crippen molar-refractivity contribution in [1.29, 1.82) is 0 Å². The number of halogens is 1. The van der Waals surface area contributed by atoms with Gasteiger partial charge in [0.1, 0.15) is 11.6 Å². The number of thioether (sulfide) groups is 1. The van der Waals surface area contributed by atoms with E-state index in [4.69, 9.17) is 13.9 Å². The van der Waals surface area contributed by atoms with E-state index >= 15 is 0 Å². The van der Waals surface area contributed by atoms with Crippen LogP contribution in [0.25, 0.3) is 11.5 Å². The predicted octanol–water partition coefficient (Wildman–Crippen LogP) is 5.17. The third kappa shape index (κ3) is 3.92. The van der Waals surface area contributed by atoms with Crippen molar-refractivity contribution in [3.8, 4) is 17.2 Å². The summed E-state index contributed by atoms with van der Waals surface area (Å²) in [4.78, 5) is 3.98. The Kier molecular flexibility index (Phi) is 5.17. The van der Waals surface area contributed by atoms with E-state index in [0.29, 0.717) is 33.7 Å². The topological polar surface area (TPSA) is 70.3 Å². The van der Waals surface area contributed by atoms with Gasteiger partial charge in [-0.1, -0.05) is 42.1 Å². The molecule has 2 aromatic carbocycles. The van der Waals surface area contributed by atoms with E-state index < -0.39 is 6.29 Å². The Balaban J connectivity index is 1.36. The molecule has 1 atom stereocenters. The van der Waals surface area contributed by atoms with Crippen LogP contribution in [0, 0.1) is 5.82 Å². The molecule has 30 heavy (non-hydrogen) atoms. The molecule has 0 amide bonds.